The fourth-order valence-electron chi connectivity index (χ4n) is 1.88. The van der Waals surface area contributed by atoms with Crippen LogP contribution in [0.25, 0.3) is 0 Å². The molecule has 88 valence electrons. The summed E-state index contributed by atoms with van der Waals surface area (Å²) < 4.78 is 23.7. The van der Waals surface area contributed by atoms with Gasteiger partial charge in [0, 0.05) is 23.2 Å². The Kier molecular flexibility index (Phi) is 3.26. The van der Waals surface area contributed by atoms with Crippen molar-refractivity contribution in [3.05, 3.63) is 28.2 Å². The van der Waals surface area contributed by atoms with E-state index in [0.717, 1.165) is 10.2 Å². The molecule has 0 amide bonds. The van der Waals surface area contributed by atoms with Crippen LogP contribution in [0, 0.1) is 6.92 Å². The van der Waals surface area contributed by atoms with Gasteiger partial charge in [-0.15, -0.1) is 0 Å². The van der Waals surface area contributed by atoms with Crippen LogP contribution in [-0.4, -0.2) is 33.0 Å². The number of hydrogen-bond acceptors (Lipinski definition) is 3. The van der Waals surface area contributed by atoms with Crippen LogP contribution in [-0.2, 0) is 9.84 Å². The van der Waals surface area contributed by atoms with E-state index in [1.54, 1.807) is 0 Å². The highest BCUT2D eigenvalue weighted by Gasteiger charge is 2.22. The maximum Gasteiger partial charge on any atom is 0.153 e. The number of aryl methyl sites for hydroxylation is 1. The smallest absolute Gasteiger partial charge is 0.153 e. The predicted molar refractivity (Wildman–Crippen MR) is 69.7 cm³/mol. The lowest BCUT2D eigenvalue weighted by Crippen LogP contribution is -2.40. The minimum Gasteiger partial charge on any atom is -0.369 e. The summed E-state index contributed by atoms with van der Waals surface area (Å²) in [5, 5.41) is 0. The quantitative estimate of drug-likeness (QED) is 0.796. The molecule has 1 saturated heterocycles. The van der Waals surface area contributed by atoms with Gasteiger partial charge in [-0.25, -0.2) is 8.42 Å². The van der Waals surface area contributed by atoms with E-state index < -0.39 is 9.84 Å². The van der Waals surface area contributed by atoms with Crippen LogP contribution in [0.2, 0.25) is 0 Å². The van der Waals surface area contributed by atoms with E-state index in [4.69, 9.17) is 0 Å². The summed E-state index contributed by atoms with van der Waals surface area (Å²) in [6.07, 6.45) is 0. The summed E-state index contributed by atoms with van der Waals surface area (Å²) in [4.78, 5) is 2.14. The zero-order valence-electron chi connectivity index (χ0n) is 9.11. The fourth-order valence-corrected chi connectivity index (χ4v) is 3.43. The Bertz CT molecular complexity index is 485. The third-order valence-corrected chi connectivity index (χ3v) is 4.96. The minimum absolute atomic E-state index is 0.263. The predicted octanol–water partition coefficient (Wildman–Crippen LogP) is 1.99. The fraction of sp³-hybridized carbons (Fsp3) is 0.455. The Labute approximate surface area is 105 Å². The number of halogens is 1. The first-order chi connectivity index (χ1) is 7.48. The molecule has 1 heterocycles. The molecule has 1 aliphatic rings. The second-order valence-electron chi connectivity index (χ2n) is 4.07. The highest BCUT2D eigenvalue weighted by Crippen LogP contribution is 2.25. The topological polar surface area (TPSA) is 37.4 Å². The molecule has 0 radical (unpaired) electrons. The molecule has 0 aromatic heterocycles. The molecule has 5 heteroatoms. The number of sulfone groups is 1. The van der Waals surface area contributed by atoms with Crippen LogP contribution in [0.15, 0.2) is 22.7 Å². The maximum absolute atomic E-state index is 11.3. The molecular formula is C11H14BrNO2S. The van der Waals surface area contributed by atoms with Crippen molar-refractivity contribution < 1.29 is 8.42 Å². The van der Waals surface area contributed by atoms with Crippen LogP contribution in [0.1, 0.15) is 5.56 Å². The molecule has 1 fully saturated rings. The molecule has 0 aliphatic carbocycles. The number of anilines is 1. The van der Waals surface area contributed by atoms with Gasteiger partial charge in [-0.05, 0) is 24.6 Å². The van der Waals surface area contributed by atoms with E-state index in [2.05, 4.69) is 20.8 Å². The van der Waals surface area contributed by atoms with Crippen molar-refractivity contribution in [2.75, 3.05) is 29.5 Å². The zero-order valence-corrected chi connectivity index (χ0v) is 11.5. The van der Waals surface area contributed by atoms with Crippen molar-refractivity contribution in [3.63, 3.8) is 0 Å². The lowest BCUT2D eigenvalue weighted by Gasteiger charge is -2.30. The maximum atomic E-state index is 11.3. The van der Waals surface area contributed by atoms with Gasteiger partial charge in [-0.1, -0.05) is 22.0 Å². The highest BCUT2D eigenvalue weighted by molar-refractivity contribution is 9.10. The molecule has 16 heavy (non-hydrogen) atoms. The van der Waals surface area contributed by atoms with E-state index in [9.17, 15) is 8.42 Å². The van der Waals surface area contributed by atoms with Crippen molar-refractivity contribution in [2.24, 2.45) is 0 Å². The lowest BCUT2D eigenvalue weighted by atomic mass is 10.2. The first-order valence-corrected chi connectivity index (χ1v) is 7.81. The minimum atomic E-state index is -2.80. The Morgan fingerprint density at radius 3 is 2.50 bits per heavy atom. The van der Waals surface area contributed by atoms with Crippen molar-refractivity contribution in [3.8, 4) is 0 Å². The van der Waals surface area contributed by atoms with E-state index >= 15 is 0 Å². The first kappa shape index (κ1) is 11.9. The molecule has 2 rings (SSSR count). The van der Waals surface area contributed by atoms with Crippen molar-refractivity contribution in [1.82, 2.24) is 0 Å². The number of benzene rings is 1. The molecule has 3 nitrogen and oxygen atoms in total. The van der Waals surface area contributed by atoms with Gasteiger partial charge in [0.1, 0.15) is 0 Å². The number of rotatable bonds is 1. The summed E-state index contributed by atoms with van der Waals surface area (Å²) >= 11 is 3.44. The summed E-state index contributed by atoms with van der Waals surface area (Å²) in [5.41, 5.74) is 2.31. The molecule has 1 aromatic rings. The zero-order chi connectivity index (χ0) is 11.8. The van der Waals surface area contributed by atoms with Gasteiger partial charge in [-0.2, -0.15) is 0 Å². The standard InChI is InChI=1S/C11H14BrNO2S/c1-9-2-3-10(12)8-11(9)13-4-6-16(14,15)7-5-13/h2-3,8H,4-7H2,1H3. The van der Waals surface area contributed by atoms with E-state index in [-0.39, 0.29) is 11.5 Å². The van der Waals surface area contributed by atoms with Gasteiger partial charge in [0.05, 0.1) is 11.5 Å². The average Bonchev–Trinajstić information content (AvgIpc) is 2.22. The van der Waals surface area contributed by atoms with E-state index in [1.165, 1.54) is 5.56 Å². The van der Waals surface area contributed by atoms with Gasteiger partial charge < -0.3 is 4.90 Å². The molecule has 0 spiro atoms. The molecule has 0 bridgehead atoms. The van der Waals surface area contributed by atoms with Crippen molar-refractivity contribution in [1.29, 1.82) is 0 Å². The van der Waals surface area contributed by atoms with Crippen LogP contribution in [0.3, 0.4) is 0 Å². The van der Waals surface area contributed by atoms with Crippen LogP contribution >= 0.6 is 15.9 Å². The van der Waals surface area contributed by atoms with Crippen LogP contribution in [0.5, 0.6) is 0 Å². The first-order valence-electron chi connectivity index (χ1n) is 5.19. The summed E-state index contributed by atoms with van der Waals surface area (Å²) in [6.45, 7) is 3.24. The third-order valence-electron chi connectivity index (χ3n) is 2.86. The third kappa shape index (κ3) is 2.58. The van der Waals surface area contributed by atoms with E-state index in [0.29, 0.717) is 13.1 Å². The summed E-state index contributed by atoms with van der Waals surface area (Å²) in [6, 6.07) is 6.09. The van der Waals surface area contributed by atoms with Gasteiger partial charge in [0.2, 0.25) is 0 Å². The highest BCUT2D eigenvalue weighted by atomic mass is 79.9. The Balaban J connectivity index is 2.23. The van der Waals surface area contributed by atoms with Crippen molar-refractivity contribution >= 4 is 31.5 Å². The lowest BCUT2D eigenvalue weighted by molar-refractivity contribution is 0.586. The Morgan fingerprint density at radius 2 is 1.88 bits per heavy atom. The molecule has 0 saturated carbocycles. The molecule has 0 N–H and O–H groups in total. The van der Waals surface area contributed by atoms with Gasteiger partial charge in [-0.3, -0.25) is 0 Å². The molecule has 0 atom stereocenters. The van der Waals surface area contributed by atoms with Crippen LogP contribution in [0.4, 0.5) is 5.69 Å². The monoisotopic (exact) mass is 303 g/mol. The second-order valence-corrected chi connectivity index (χ2v) is 7.29. The molecule has 1 aromatic carbocycles. The Hall–Kier alpha value is -0.550. The largest absolute Gasteiger partial charge is 0.369 e. The number of hydrogen-bond donors (Lipinski definition) is 0. The van der Waals surface area contributed by atoms with Crippen molar-refractivity contribution in [2.45, 2.75) is 6.92 Å². The van der Waals surface area contributed by atoms with Gasteiger partial charge in [0.25, 0.3) is 0 Å². The summed E-state index contributed by atoms with van der Waals surface area (Å²) in [7, 11) is -2.80. The molecule has 1 aliphatic heterocycles. The average molecular weight is 304 g/mol. The number of nitrogens with zero attached hydrogens (tertiary/aromatic N) is 1. The molecule has 0 unspecified atom stereocenters. The van der Waals surface area contributed by atoms with E-state index in [1.807, 2.05) is 25.1 Å². The normalized spacial score (nSPS) is 19.8. The molecular weight excluding hydrogens is 290 g/mol. The summed E-state index contributed by atoms with van der Waals surface area (Å²) in [5.74, 6) is 0.526. The SMILES string of the molecule is Cc1ccc(Br)cc1N1CCS(=O)(=O)CC1. The Morgan fingerprint density at radius 1 is 1.25 bits per heavy atom. The second kappa shape index (κ2) is 4.37. The van der Waals surface area contributed by atoms with Gasteiger partial charge in [0.15, 0.2) is 9.84 Å². The van der Waals surface area contributed by atoms with Gasteiger partial charge >= 0.3 is 0 Å². The van der Waals surface area contributed by atoms with Crippen LogP contribution < -0.4 is 4.90 Å².